The van der Waals surface area contributed by atoms with Gasteiger partial charge in [0.05, 0.1) is 25.2 Å². The Labute approximate surface area is 390 Å². The van der Waals surface area contributed by atoms with Crippen LogP contribution in [0.2, 0.25) is 0 Å². The zero-order chi connectivity index (χ0) is 45.9. The molecule has 0 heterocycles. The van der Waals surface area contributed by atoms with Gasteiger partial charge in [0.1, 0.15) is 6.10 Å². The van der Waals surface area contributed by atoms with Gasteiger partial charge in [-0.25, -0.2) is 0 Å². The summed E-state index contributed by atoms with van der Waals surface area (Å²) in [5.41, 5.74) is 0. The van der Waals surface area contributed by atoms with Gasteiger partial charge in [0, 0.05) is 6.42 Å². The van der Waals surface area contributed by atoms with Gasteiger partial charge in [-0.15, -0.1) is 0 Å². The van der Waals surface area contributed by atoms with Crippen molar-refractivity contribution in [2.45, 2.75) is 283 Å². The fraction of sp³-hybridized carbons (Fsp3) is 0.789. The van der Waals surface area contributed by atoms with E-state index in [2.05, 4.69) is 74.7 Å². The Morgan fingerprint density at radius 2 is 0.825 bits per heavy atom. The molecule has 1 amide bonds. The smallest absolute Gasteiger partial charge is 0.306 e. The number of unbranched alkanes of at least 4 members (excludes halogenated alkanes) is 28. The topological polar surface area (TPSA) is 95.9 Å². The van der Waals surface area contributed by atoms with Crippen molar-refractivity contribution in [1.82, 2.24) is 5.32 Å². The molecule has 0 aliphatic rings. The van der Waals surface area contributed by atoms with E-state index in [1.54, 1.807) is 6.08 Å². The van der Waals surface area contributed by atoms with E-state index < -0.39 is 18.2 Å². The molecule has 0 saturated carbocycles. The number of aliphatic hydroxyl groups excluding tert-OH is 2. The van der Waals surface area contributed by atoms with E-state index in [0.29, 0.717) is 19.3 Å². The molecule has 0 saturated heterocycles. The predicted octanol–water partition coefficient (Wildman–Crippen LogP) is 16.4. The Bertz CT molecular complexity index is 1130. The third-order valence-electron chi connectivity index (χ3n) is 12.1. The lowest BCUT2D eigenvalue weighted by Crippen LogP contribution is -2.46. The molecule has 3 atom stereocenters. The first-order valence-electron chi connectivity index (χ1n) is 27.0. The summed E-state index contributed by atoms with van der Waals surface area (Å²) in [7, 11) is 0. The van der Waals surface area contributed by atoms with Gasteiger partial charge in [0.15, 0.2) is 0 Å². The van der Waals surface area contributed by atoms with E-state index in [0.717, 1.165) is 64.2 Å². The fourth-order valence-corrected chi connectivity index (χ4v) is 8.04. The number of hydrogen-bond acceptors (Lipinski definition) is 5. The van der Waals surface area contributed by atoms with Gasteiger partial charge in [0.2, 0.25) is 5.91 Å². The highest BCUT2D eigenvalue weighted by molar-refractivity contribution is 5.78. The van der Waals surface area contributed by atoms with Crippen molar-refractivity contribution < 1.29 is 24.5 Å². The second-order valence-corrected chi connectivity index (χ2v) is 18.3. The maximum absolute atomic E-state index is 13.2. The molecule has 0 spiro atoms. The van der Waals surface area contributed by atoms with Crippen molar-refractivity contribution in [2.75, 3.05) is 6.61 Å². The minimum absolute atomic E-state index is 0.0443. The number of ether oxygens (including phenoxy) is 1. The third kappa shape index (κ3) is 45.9. The van der Waals surface area contributed by atoms with Crippen LogP contribution < -0.4 is 5.32 Å². The summed E-state index contributed by atoms with van der Waals surface area (Å²) >= 11 is 0. The first-order valence-corrected chi connectivity index (χ1v) is 27.0. The van der Waals surface area contributed by atoms with Gasteiger partial charge < -0.3 is 20.3 Å². The van der Waals surface area contributed by atoms with Crippen LogP contribution >= 0.6 is 0 Å². The van der Waals surface area contributed by atoms with E-state index in [1.807, 2.05) is 6.08 Å². The Kier molecular flexibility index (Phi) is 48.6. The molecule has 0 aromatic heterocycles. The molecule has 3 N–H and O–H groups in total. The number of carbonyl (C=O) groups excluding carboxylic acids is 2. The number of aliphatic hydroxyl groups is 2. The first-order chi connectivity index (χ1) is 31.0. The van der Waals surface area contributed by atoms with Crippen molar-refractivity contribution in [3.63, 3.8) is 0 Å². The molecule has 0 bridgehead atoms. The highest BCUT2D eigenvalue weighted by atomic mass is 16.5. The monoisotopic (exact) mass is 882 g/mol. The summed E-state index contributed by atoms with van der Waals surface area (Å²) in [5, 5.41) is 23.8. The molecule has 366 valence electrons. The number of esters is 1. The second-order valence-electron chi connectivity index (χ2n) is 18.3. The van der Waals surface area contributed by atoms with Crippen LogP contribution in [-0.4, -0.2) is 46.9 Å². The highest BCUT2D eigenvalue weighted by Crippen LogP contribution is 2.17. The molecule has 0 radical (unpaired) electrons. The van der Waals surface area contributed by atoms with Crippen LogP contribution in [0.3, 0.4) is 0 Å². The molecule has 0 aliphatic heterocycles. The van der Waals surface area contributed by atoms with Gasteiger partial charge >= 0.3 is 5.97 Å². The van der Waals surface area contributed by atoms with Crippen LogP contribution in [-0.2, 0) is 14.3 Å². The van der Waals surface area contributed by atoms with Gasteiger partial charge in [0.25, 0.3) is 0 Å². The fourth-order valence-electron chi connectivity index (χ4n) is 8.04. The highest BCUT2D eigenvalue weighted by Gasteiger charge is 2.23. The van der Waals surface area contributed by atoms with Crippen molar-refractivity contribution in [2.24, 2.45) is 0 Å². The molecule has 6 nitrogen and oxygen atoms in total. The first kappa shape index (κ1) is 60.6. The van der Waals surface area contributed by atoms with Crippen molar-refractivity contribution >= 4 is 11.9 Å². The quantitative estimate of drug-likeness (QED) is 0.0321. The molecule has 0 aromatic rings. The molecule has 63 heavy (non-hydrogen) atoms. The van der Waals surface area contributed by atoms with E-state index >= 15 is 0 Å². The number of allylic oxidation sites excluding steroid dienone is 9. The molecule has 3 unspecified atom stereocenters. The number of rotatable bonds is 48. The van der Waals surface area contributed by atoms with Crippen molar-refractivity contribution in [3.05, 3.63) is 60.8 Å². The standard InChI is InChI=1S/C57H103NO5/c1-4-7-10-13-16-19-22-25-27-28-29-32-34-37-40-43-46-49-55(60)54(52-59)58-56(61)51-53(48-45-42-39-36-33-31-26-23-20-17-14-11-8-5-2)63-57(62)50-47-44-41-38-35-30-24-21-18-15-12-9-6-3/h8,11,17,20,26,31,36,39,45,48,53-55,59-60H,4-7,9-10,12-16,18-19,21-25,27-30,32-35,37-38,40-44,46-47,49-52H2,1-3H3,(H,58,61)/b11-8+,20-17+,31-26+,39-36+,48-45+. The van der Waals surface area contributed by atoms with E-state index in [1.165, 1.54) is 154 Å². The molecular weight excluding hydrogens is 779 g/mol. The lowest BCUT2D eigenvalue weighted by Gasteiger charge is -2.23. The van der Waals surface area contributed by atoms with Crippen LogP contribution in [0.5, 0.6) is 0 Å². The van der Waals surface area contributed by atoms with Crippen molar-refractivity contribution in [1.29, 1.82) is 0 Å². The van der Waals surface area contributed by atoms with Gasteiger partial charge in [-0.1, -0.05) is 262 Å². The van der Waals surface area contributed by atoms with E-state index in [4.69, 9.17) is 4.74 Å². The average Bonchev–Trinajstić information content (AvgIpc) is 3.28. The Morgan fingerprint density at radius 1 is 0.476 bits per heavy atom. The number of carbonyl (C=O) groups is 2. The molecule has 6 heteroatoms. The minimum atomic E-state index is -0.819. The SMILES string of the molecule is CC/C=C/C/C=C/C/C=C/C/C=C/C/C=C/C(CC(=O)NC(CO)C(O)CCCCCCCCCCCCCCCCCCC)OC(=O)CCCCCCCCCCCCCCC. The number of amides is 1. The lowest BCUT2D eigenvalue weighted by molar-refractivity contribution is -0.148. The molecule has 0 aromatic carbocycles. The third-order valence-corrected chi connectivity index (χ3v) is 12.1. The Morgan fingerprint density at radius 3 is 1.21 bits per heavy atom. The second kappa shape index (κ2) is 50.6. The summed E-state index contributed by atoms with van der Waals surface area (Å²) in [6, 6.07) is -0.742. The van der Waals surface area contributed by atoms with Crippen LogP contribution in [0, 0.1) is 0 Å². The summed E-state index contributed by atoms with van der Waals surface area (Å²) in [6.45, 7) is 6.35. The Balaban J connectivity index is 4.63. The van der Waals surface area contributed by atoms with Crippen molar-refractivity contribution in [3.8, 4) is 0 Å². The van der Waals surface area contributed by atoms with E-state index in [-0.39, 0.29) is 24.9 Å². The molecule has 0 aliphatic carbocycles. The van der Waals surface area contributed by atoms with Crippen LogP contribution in [0.25, 0.3) is 0 Å². The minimum Gasteiger partial charge on any atom is -0.458 e. The van der Waals surface area contributed by atoms with Gasteiger partial charge in [-0.2, -0.15) is 0 Å². The summed E-state index contributed by atoms with van der Waals surface area (Å²) < 4.78 is 5.83. The zero-order valence-corrected chi connectivity index (χ0v) is 41.7. The van der Waals surface area contributed by atoms with Gasteiger partial charge in [-0.3, -0.25) is 9.59 Å². The summed E-state index contributed by atoms with van der Waals surface area (Å²) in [4.78, 5) is 26.1. The number of nitrogens with one attached hydrogen (secondary N) is 1. The molecule has 0 rings (SSSR count). The van der Waals surface area contributed by atoms with Crippen LogP contribution in [0.15, 0.2) is 60.8 Å². The Hall–Kier alpha value is -2.44. The average molecular weight is 882 g/mol. The maximum Gasteiger partial charge on any atom is 0.306 e. The summed E-state index contributed by atoms with van der Waals surface area (Å²) in [6.07, 6.45) is 63.2. The van der Waals surface area contributed by atoms with E-state index in [9.17, 15) is 19.8 Å². The maximum atomic E-state index is 13.2. The number of hydrogen-bond donors (Lipinski definition) is 3. The molecular formula is C57H103NO5. The van der Waals surface area contributed by atoms with Crippen LogP contribution in [0.1, 0.15) is 265 Å². The predicted molar refractivity (Wildman–Crippen MR) is 273 cm³/mol. The lowest BCUT2D eigenvalue weighted by atomic mass is 10.0. The largest absolute Gasteiger partial charge is 0.458 e. The van der Waals surface area contributed by atoms with Crippen LogP contribution in [0.4, 0.5) is 0 Å². The zero-order valence-electron chi connectivity index (χ0n) is 41.7. The normalized spacial score (nSPS) is 13.7. The summed E-state index contributed by atoms with van der Waals surface area (Å²) in [5.74, 6) is -0.621. The molecule has 0 fully saturated rings. The van der Waals surface area contributed by atoms with Gasteiger partial charge in [-0.05, 0) is 51.0 Å².